The van der Waals surface area contributed by atoms with E-state index in [2.05, 4.69) is 29.5 Å². The van der Waals surface area contributed by atoms with Crippen molar-refractivity contribution in [2.24, 2.45) is 0 Å². The molecule has 31 heavy (non-hydrogen) atoms. The Morgan fingerprint density at radius 3 is 2.52 bits per heavy atom. The van der Waals surface area contributed by atoms with Crippen LogP contribution in [0.1, 0.15) is 17.3 Å². The normalized spacial score (nSPS) is 10.9. The third-order valence-electron chi connectivity index (χ3n) is 4.30. The van der Waals surface area contributed by atoms with Gasteiger partial charge in [0.25, 0.3) is 5.88 Å². The van der Waals surface area contributed by atoms with Crippen LogP contribution in [0.15, 0.2) is 40.7 Å². The van der Waals surface area contributed by atoms with Crippen LogP contribution in [0.4, 0.5) is 23.4 Å². The summed E-state index contributed by atoms with van der Waals surface area (Å²) in [5, 5.41) is 1.99. The molecule has 3 rings (SSSR count). The number of aryl methyl sites for hydroxylation is 1. The zero-order chi connectivity index (χ0) is 22.9. The van der Waals surface area contributed by atoms with Gasteiger partial charge in [-0.1, -0.05) is 6.08 Å². The zero-order valence-electron chi connectivity index (χ0n) is 16.0. The lowest BCUT2D eigenvalue weighted by Gasteiger charge is -2.16. The number of carbonyl (C=O) groups is 1. The molecule has 0 aliphatic rings. The molecule has 0 spiro atoms. The van der Waals surface area contributed by atoms with Gasteiger partial charge < -0.3 is 14.6 Å². The summed E-state index contributed by atoms with van der Waals surface area (Å²) in [5.74, 6) is -7.45. The lowest BCUT2D eigenvalue weighted by Crippen LogP contribution is -2.25. The highest BCUT2D eigenvalue weighted by atomic mass is 32.1. The zero-order valence-corrected chi connectivity index (χ0v) is 16.9. The number of fused-ring (bicyclic) bond motifs is 1. The Morgan fingerprint density at radius 2 is 1.87 bits per heavy atom. The summed E-state index contributed by atoms with van der Waals surface area (Å²) < 4.78 is 61.5. The van der Waals surface area contributed by atoms with Gasteiger partial charge in [-0.2, -0.15) is 4.98 Å². The predicted octanol–water partition coefficient (Wildman–Crippen LogP) is 4.08. The Morgan fingerprint density at radius 1 is 1.19 bits per heavy atom. The largest absolute Gasteiger partial charge is 0.400 e. The predicted molar refractivity (Wildman–Crippen MR) is 109 cm³/mol. The Kier molecular flexibility index (Phi) is 6.34. The maximum absolute atomic E-state index is 14.1. The molecule has 0 atom stereocenters. The van der Waals surface area contributed by atoms with Gasteiger partial charge >= 0.3 is 5.97 Å². The van der Waals surface area contributed by atoms with Gasteiger partial charge in [0.2, 0.25) is 5.43 Å². The number of aromatic nitrogens is 2. The van der Waals surface area contributed by atoms with Crippen molar-refractivity contribution in [2.75, 3.05) is 11.9 Å². The van der Waals surface area contributed by atoms with Crippen molar-refractivity contribution in [2.45, 2.75) is 18.5 Å². The van der Waals surface area contributed by atoms with E-state index in [1.807, 2.05) is 0 Å². The van der Waals surface area contributed by atoms with Crippen LogP contribution < -0.4 is 15.5 Å². The molecule has 11 heteroatoms. The van der Waals surface area contributed by atoms with E-state index < -0.39 is 51.9 Å². The number of nitrogens with zero attached hydrogens (tertiary/aromatic N) is 2. The fourth-order valence-corrected chi connectivity index (χ4v) is 3.33. The SMILES string of the molecule is C=CCNc1nc(OC(=O)c2c(S)n(CC)c3cc(F)c(F)cc3c2=O)c(F)cc1F. The Balaban J connectivity index is 2.12. The van der Waals surface area contributed by atoms with Crippen molar-refractivity contribution in [3.8, 4) is 5.88 Å². The van der Waals surface area contributed by atoms with Crippen LogP contribution in [0, 0.1) is 23.3 Å². The van der Waals surface area contributed by atoms with Crippen LogP contribution in [0.25, 0.3) is 10.9 Å². The first-order valence-corrected chi connectivity index (χ1v) is 9.31. The van der Waals surface area contributed by atoms with Crippen LogP contribution >= 0.6 is 12.6 Å². The number of thiol groups is 1. The van der Waals surface area contributed by atoms with E-state index in [0.29, 0.717) is 12.1 Å². The monoisotopic (exact) mass is 453 g/mol. The topological polar surface area (TPSA) is 73.2 Å². The smallest absolute Gasteiger partial charge is 0.351 e. The average Bonchev–Trinajstić information content (AvgIpc) is 2.71. The van der Waals surface area contributed by atoms with Crippen LogP contribution in [0.5, 0.6) is 5.88 Å². The number of hydrogen-bond donors (Lipinski definition) is 2. The van der Waals surface area contributed by atoms with Crippen molar-refractivity contribution < 1.29 is 27.1 Å². The number of anilines is 1. The molecule has 1 N–H and O–H groups in total. The molecule has 0 saturated carbocycles. The number of nitrogens with one attached hydrogen (secondary N) is 1. The summed E-state index contributed by atoms with van der Waals surface area (Å²) in [6.07, 6.45) is 1.40. The van der Waals surface area contributed by atoms with Crippen molar-refractivity contribution in [1.82, 2.24) is 9.55 Å². The minimum absolute atomic E-state index is 0.00921. The molecule has 2 heterocycles. The molecule has 3 aromatic rings. The van der Waals surface area contributed by atoms with Gasteiger partial charge in [-0.05, 0) is 13.0 Å². The van der Waals surface area contributed by atoms with Gasteiger partial charge in [-0.25, -0.2) is 22.4 Å². The summed E-state index contributed by atoms with van der Waals surface area (Å²) in [5.41, 5.74) is -1.63. The third kappa shape index (κ3) is 4.13. The molecule has 0 unspecified atom stereocenters. The molecule has 0 radical (unpaired) electrons. The van der Waals surface area contributed by atoms with Crippen molar-refractivity contribution in [1.29, 1.82) is 0 Å². The third-order valence-corrected chi connectivity index (χ3v) is 4.77. The van der Waals surface area contributed by atoms with E-state index in [0.717, 1.165) is 6.07 Å². The molecule has 2 aromatic heterocycles. The van der Waals surface area contributed by atoms with Gasteiger partial charge in [0, 0.05) is 30.6 Å². The molecule has 1 aromatic carbocycles. The first-order valence-electron chi connectivity index (χ1n) is 8.87. The minimum atomic E-state index is -1.35. The van der Waals surface area contributed by atoms with E-state index in [1.54, 1.807) is 6.92 Å². The van der Waals surface area contributed by atoms with Crippen LogP contribution in [0.2, 0.25) is 0 Å². The van der Waals surface area contributed by atoms with Gasteiger partial charge in [-0.3, -0.25) is 4.79 Å². The molecule has 0 fully saturated rings. The Bertz CT molecular complexity index is 1280. The molecule has 162 valence electrons. The van der Waals surface area contributed by atoms with Crippen LogP contribution in [-0.2, 0) is 6.54 Å². The number of hydrogen-bond acceptors (Lipinski definition) is 6. The maximum Gasteiger partial charge on any atom is 0.351 e. The van der Waals surface area contributed by atoms with Crippen molar-refractivity contribution in [3.63, 3.8) is 0 Å². The lowest BCUT2D eigenvalue weighted by molar-refractivity contribution is 0.0713. The van der Waals surface area contributed by atoms with Gasteiger partial charge in [0.05, 0.1) is 10.5 Å². The second-order valence-electron chi connectivity index (χ2n) is 6.22. The lowest BCUT2D eigenvalue weighted by atomic mass is 10.1. The number of carbonyl (C=O) groups excluding carboxylic acids is 1. The number of rotatable bonds is 6. The second-order valence-corrected chi connectivity index (χ2v) is 6.64. The number of ether oxygens (including phenoxy) is 1. The van der Waals surface area contributed by atoms with Gasteiger partial charge in [0.15, 0.2) is 29.1 Å². The summed E-state index contributed by atoms with van der Waals surface area (Å²) in [4.78, 5) is 29.1. The number of benzene rings is 1. The molecule has 0 bridgehead atoms. The Labute approximate surface area is 178 Å². The van der Waals surface area contributed by atoms with Crippen molar-refractivity contribution >= 4 is 35.3 Å². The van der Waals surface area contributed by atoms with Gasteiger partial charge in [0.1, 0.15) is 5.56 Å². The second kappa shape index (κ2) is 8.80. The van der Waals surface area contributed by atoms with E-state index in [-0.39, 0.29) is 29.0 Å². The quantitative estimate of drug-likeness (QED) is 0.255. The van der Waals surface area contributed by atoms with E-state index >= 15 is 0 Å². The first-order chi connectivity index (χ1) is 14.7. The summed E-state index contributed by atoms with van der Waals surface area (Å²) >= 11 is 4.16. The highest BCUT2D eigenvalue weighted by Gasteiger charge is 2.25. The fraction of sp³-hybridized carbons (Fsp3) is 0.150. The molecule has 0 aliphatic heterocycles. The summed E-state index contributed by atoms with van der Waals surface area (Å²) in [6.45, 7) is 5.30. The molecule has 0 aliphatic carbocycles. The number of pyridine rings is 2. The van der Waals surface area contributed by atoms with E-state index in [4.69, 9.17) is 4.74 Å². The minimum Gasteiger partial charge on any atom is -0.400 e. The van der Waals surface area contributed by atoms with Crippen molar-refractivity contribution in [3.05, 3.63) is 69.9 Å². The number of esters is 1. The van der Waals surface area contributed by atoms with Crippen LogP contribution in [0.3, 0.4) is 0 Å². The maximum atomic E-state index is 14.1. The van der Waals surface area contributed by atoms with E-state index in [1.165, 1.54) is 10.6 Å². The molecule has 6 nitrogen and oxygen atoms in total. The molecule has 0 amide bonds. The highest BCUT2D eigenvalue weighted by molar-refractivity contribution is 7.80. The molecule has 0 saturated heterocycles. The summed E-state index contributed by atoms with van der Waals surface area (Å²) in [6, 6.07) is 1.91. The van der Waals surface area contributed by atoms with E-state index in [9.17, 15) is 27.2 Å². The Hall–Kier alpha value is -3.34. The first kappa shape index (κ1) is 22.3. The standard InChI is InChI=1S/C20H15F4N3O3S/c1-3-5-25-17-12(23)7-13(24)18(26-17)30-20(29)15-16(28)9-6-10(21)11(22)8-14(9)27(4-2)19(15)31/h3,6-8,31H,1,4-5H2,2H3,(H,25,26). The van der Waals surface area contributed by atoms with Crippen LogP contribution in [-0.4, -0.2) is 22.1 Å². The summed E-state index contributed by atoms with van der Waals surface area (Å²) in [7, 11) is 0. The molecular weight excluding hydrogens is 438 g/mol. The fourth-order valence-electron chi connectivity index (χ4n) is 2.88. The number of halogens is 4. The highest BCUT2D eigenvalue weighted by Crippen LogP contribution is 2.25. The van der Waals surface area contributed by atoms with Gasteiger partial charge in [-0.15, -0.1) is 19.2 Å². The average molecular weight is 453 g/mol. The molecular formula is C20H15F4N3O3S.